The summed E-state index contributed by atoms with van der Waals surface area (Å²) in [6.45, 7) is 1.61. The van der Waals surface area contributed by atoms with Crippen molar-refractivity contribution in [3.05, 3.63) is 65.9 Å². The number of hydrogen-bond acceptors (Lipinski definition) is 5. The fourth-order valence-electron chi connectivity index (χ4n) is 2.31. The number of ether oxygens (including phenoxy) is 1. The van der Waals surface area contributed by atoms with Crippen molar-refractivity contribution in [1.82, 2.24) is 16.2 Å². The predicted octanol–water partition coefficient (Wildman–Crippen LogP) is 2.29. The zero-order chi connectivity index (χ0) is 19.2. The van der Waals surface area contributed by atoms with Crippen LogP contribution in [0.3, 0.4) is 0 Å². The molecule has 0 radical (unpaired) electrons. The molecule has 138 valence electrons. The maximum absolute atomic E-state index is 12.0. The third-order valence-corrected chi connectivity index (χ3v) is 3.55. The summed E-state index contributed by atoms with van der Waals surface area (Å²) in [5, 5.41) is 2.80. The molecule has 3 rings (SSSR count). The average Bonchev–Trinajstić information content (AvgIpc) is 3.09. The second-order valence-electron chi connectivity index (χ2n) is 5.71. The number of imide groups is 1. The SMILES string of the molecule is Cc1cccc(OCC(=O)NNC(=O)NC(=O)c2cc3ccccc3o2)c1. The largest absolute Gasteiger partial charge is 0.484 e. The van der Waals surface area contributed by atoms with Gasteiger partial charge in [0.15, 0.2) is 12.4 Å². The lowest BCUT2D eigenvalue weighted by molar-refractivity contribution is -0.123. The van der Waals surface area contributed by atoms with Crippen molar-refractivity contribution in [2.24, 2.45) is 0 Å². The van der Waals surface area contributed by atoms with Crippen LogP contribution in [0, 0.1) is 6.92 Å². The van der Waals surface area contributed by atoms with Gasteiger partial charge in [0.25, 0.3) is 11.8 Å². The highest BCUT2D eigenvalue weighted by Gasteiger charge is 2.15. The third-order valence-electron chi connectivity index (χ3n) is 3.55. The summed E-state index contributed by atoms with van der Waals surface area (Å²) < 4.78 is 10.7. The quantitative estimate of drug-likeness (QED) is 0.613. The smallest absolute Gasteiger partial charge is 0.340 e. The molecule has 3 aromatic rings. The lowest BCUT2D eigenvalue weighted by Crippen LogP contribution is -2.49. The van der Waals surface area contributed by atoms with Gasteiger partial charge in [0.1, 0.15) is 11.3 Å². The number of benzene rings is 2. The zero-order valence-corrected chi connectivity index (χ0v) is 14.4. The van der Waals surface area contributed by atoms with E-state index < -0.39 is 17.8 Å². The van der Waals surface area contributed by atoms with Crippen LogP contribution in [-0.4, -0.2) is 24.5 Å². The number of nitrogens with one attached hydrogen (secondary N) is 3. The number of furan rings is 1. The molecule has 0 atom stereocenters. The second kappa shape index (κ2) is 8.05. The predicted molar refractivity (Wildman–Crippen MR) is 97.0 cm³/mol. The molecular formula is C19H17N3O5. The van der Waals surface area contributed by atoms with Gasteiger partial charge in [-0.1, -0.05) is 30.3 Å². The van der Waals surface area contributed by atoms with Crippen LogP contribution in [0.2, 0.25) is 0 Å². The normalized spacial score (nSPS) is 10.3. The summed E-state index contributed by atoms with van der Waals surface area (Å²) >= 11 is 0. The molecule has 0 saturated carbocycles. The summed E-state index contributed by atoms with van der Waals surface area (Å²) in [6.07, 6.45) is 0. The van der Waals surface area contributed by atoms with E-state index in [-0.39, 0.29) is 12.4 Å². The standard InChI is InChI=1S/C19H17N3O5/c1-12-5-4-7-14(9-12)26-11-17(23)21-22-19(25)20-18(24)16-10-13-6-2-3-8-15(13)27-16/h2-10H,11H2,1H3,(H,21,23)(H2,20,22,24,25). The summed E-state index contributed by atoms with van der Waals surface area (Å²) in [4.78, 5) is 35.4. The van der Waals surface area contributed by atoms with Crippen LogP contribution in [0.25, 0.3) is 11.0 Å². The van der Waals surface area contributed by atoms with Crippen molar-refractivity contribution < 1.29 is 23.5 Å². The van der Waals surface area contributed by atoms with Gasteiger partial charge in [-0.3, -0.25) is 20.3 Å². The Labute approximate surface area is 154 Å². The minimum absolute atomic E-state index is 0.0135. The summed E-state index contributed by atoms with van der Waals surface area (Å²) in [6, 6.07) is 14.9. The van der Waals surface area contributed by atoms with Crippen molar-refractivity contribution >= 4 is 28.8 Å². The van der Waals surface area contributed by atoms with Gasteiger partial charge >= 0.3 is 6.03 Å². The second-order valence-corrected chi connectivity index (χ2v) is 5.71. The highest BCUT2D eigenvalue weighted by Crippen LogP contribution is 2.18. The van der Waals surface area contributed by atoms with Crippen LogP contribution in [-0.2, 0) is 4.79 Å². The molecule has 0 saturated heterocycles. The van der Waals surface area contributed by atoms with Gasteiger partial charge in [-0.2, -0.15) is 0 Å². The van der Waals surface area contributed by atoms with E-state index in [0.29, 0.717) is 11.3 Å². The van der Waals surface area contributed by atoms with Crippen LogP contribution in [0.5, 0.6) is 5.75 Å². The van der Waals surface area contributed by atoms with Crippen LogP contribution in [0.4, 0.5) is 4.79 Å². The number of carbonyl (C=O) groups excluding carboxylic acids is 3. The van der Waals surface area contributed by atoms with E-state index in [1.165, 1.54) is 6.07 Å². The lowest BCUT2D eigenvalue weighted by atomic mass is 10.2. The first-order valence-corrected chi connectivity index (χ1v) is 8.09. The van der Waals surface area contributed by atoms with Gasteiger partial charge in [-0.05, 0) is 36.8 Å². The van der Waals surface area contributed by atoms with Gasteiger partial charge in [-0.25, -0.2) is 10.2 Å². The molecule has 1 aromatic heterocycles. The Kier molecular flexibility index (Phi) is 5.36. The average molecular weight is 367 g/mol. The molecule has 8 heteroatoms. The molecule has 8 nitrogen and oxygen atoms in total. The molecule has 0 aliphatic heterocycles. The molecule has 0 aliphatic carbocycles. The van der Waals surface area contributed by atoms with E-state index in [9.17, 15) is 14.4 Å². The number of hydrazine groups is 1. The molecule has 3 N–H and O–H groups in total. The molecule has 0 spiro atoms. The molecule has 0 fully saturated rings. The Hall–Kier alpha value is -3.81. The molecule has 0 aliphatic rings. The number of fused-ring (bicyclic) bond motifs is 1. The lowest BCUT2D eigenvalue weighted by Gasteiger charge is -2.09. The summed E-state index contributed by atoms with van der Waals surface area (Å²) in [5.41, 5.74) is 5.74. The van der Waals surface area contributed by atoms with Gasteiger partial charge in [0.2, 0.25) is 0 Å². The Morgan fingerprint density at radius 1 is 1.00 bits per heavy atom. The van der Waals surface area contributed by atoms with Crippen molar-refractivity contribution in [3.8, 4) is 5.75 Å². The van der Waals surface area contributed by atoms with Crippen LogP contribution >= 0.6 is 0 Å². The Bertz CT molecular complexity index is 963. The van der Waals surface area contributed by atoms with Gasteiger partial charge in [-0.15, -0.1) is 0 Å². The fourth-order valence-corrected chi connectivity index (χ4v) is 2.31. The number of aryl methyl sites for hydroxylation is 1. The number of para-hydroxylation sites is 1. The van der Waals surface area contributed by atoms with E-state index in [0.717, 1.165) is 10.9 Å². The Morgan fingerprint density at radius 2 is 1.81 bits per heavy atom. The topological polar surface area (TPSA) is 110 Å². The van der Waals surface area contributed by atoms with Crippen LogP contribution in [0.1, 0.15) is 16.1 Å². The van der Waals surface area contributed by atoms with Gasteiger partial charge in [0.05, 0.1) is 0 Å². The number of carbonyl (C=O) groups is 3. The first-order chi connectivity index (χ1) is 13.0. The zero-order valence-electron chi connectivity index (χ0n) is 14.4. The van der Waals surface area contributed by atoms with E-state index in [2.05, 4.69) is 16.2 Å². The third kappa shape index (κ3) is 4.85. The van der Waals surface area contributed by atoms with Crippen LogP contribution < -0.4 is 20.9 Å². The van der Waals surface area contributed by atoms with Crippen molar-refractivity contribution in [2.75, 3.05) is 6.61 Å². The van der Waals surface area contributed by atoms with Gasteiger partial charge in [0, 0.05) is 5.39 Å². The number of urea groups is 1. The molecule has 27 heavy (non-hydrogen) atoms. The molecule has 4 amide bonds. The molecular weight excluding hydrogens is 350 g/mol. The number of hydrogen-bond donors (Lipinski definition) is 3. The monoisotopic (exact) mass is 367 g/mol. The minimum atomic E-state index is -0.899. The fraction of sp³-hybridized carbons (Fsp3) is 0.105. The maximum atomic E-state index is 12.0. The number of rotatable bonds is 4. The molecule has 2 aromatic carbocycles. The highest BCUT2D eigenvalue weighted by atomic mass is 16.5. The Balaban J connectivity index is 1.44. The number of amides is 4. The minimum Gasteiger partial charge on any atom is -0.484 e. The summed E-state index contributed by atoms with van der Waals surface area (Å²) in [7, 11) is 0. The van der Waals surface area contributed by atoms with Gasteiger partial charge < -0.3 is 9.15 Å². The highest BCUT2D eigenvalue weighted by molar-refractivity contribution is 6.04. The van der Waals surface area contributed by atoms with Crippen molar-refractivity contribution in [2.45, 2.75) is 6.92 Å². The maximum Gasteiger partial charge on any atom is 0.340 e. The first-order valence-electron chi connectivity index (χ1n) is 8.09. The molecule has 0 unspecified atom stereocenters. The first kappa shape index (κ1) is 18.0. The van der Waals surface area contributed by atoms with Crippen molar-refractivity contribution in [3.63, 3.8) is 0 Å². The van der Waals surface area contributed by atoms with Crippen molar-refractivity contribution in [1.29, 1.82) is 0 Å². The van der Waals surface area contributed by atoms with E-state index >= 15 is 0 Å². The summed E-state index contributed by atoms with van der Waals surface area (Å²) in [5.74, 6) is -0.785. The van der Waals surface area contributed by atoms with E-state index in [4.69, 9.17) is 9.15 Å². The Morgan fingerprint density at radius 3 is 2.59 bits per heavy atom. The molecule has 1 heterocycles. The van der Waals surface area contributed by atoms with E-state index in [1.807, 2.05) is 13.0 Å². The molecule has 0 bridgehead atoms. The van der Waals surface area contributed by atoms with E-state index in [1.54, 1.807) is 42.5 Å². The van der Waals surface area contributed by atoms with Crippen LogP contribution in [0.15, 0.2) is 59.0 Å².